The number of ether oxygens (including phenoxy) is 1. The predicted octanol–water partition coefficient (Wildman–Crippen LogP) is -0.363. The third-order valence-electron chi connectivity index (χ3n) is 1.98. The van der Waals surface area contributed by atoms with E-state index in [1.165, 1.54) is 0 Å². The summed E-state index contributed by atoms with van der Waals surface area (Å²) in [6, 6.07) is 0. The Morgan fingerprint density at radius 1 is 1.59 bits per heavy atom. The summed E-state index contributed by atoms with van der Waals surface area (Å²) >= 11 is 0. The molecular formula is C9H11N5O3. The van der Waals surface area contributed by atoms with E-state index in [4.69, 9.17) is 9.84 Å². The maximum atomic E-state index is 10.2. The van der Waals surface area contributed by atoms with E-state index >= 15 is 0 Å². The van der Waals surface area contributed by atoms with Crippen molar-refractivity contribution in [1.82, 2.24) is 19.6 Å². The Bertz CT molecular complexity index is 512. The number of hydrogen-bond donors (Lipinski definition) is 2. The predicted molar refractivity (Wildman–Crippen MR) is 57.7 cm³/mol. The number of fused-ring (bicyclic) bond motifs is 1. The lowest BCUT2D eigenvalue weighted by molar-refractivity contribution is -0.142. The van der Waals surface area contributed by atoms with Crippen LogP contribution in [-0.4, -0.2) is 50.4 Å². The van der Waals surface area contributed by atoms with Gasteiger partial charge in [0.1, 0.15) is 12.9 Å². The molecule has 2 aromatic rings. The van der Waals surface area contributed by atoms with Gasteiger partial charge in [-0.2, -0.15) is 0 Å². The van der Waals surface area contributed by atoms with Crippen LogP contribution in [0.5, 0.6) is 0 Å². The number of anilines is 1. The van der Waals surface area contributed by atoms with Crippen molar-refractivity contribution in [3.05, 3.63) is 18.7 Å². The Morgan fingerprint density at radius 3 is 3.29 bits per heavy atom. The maximum absolute atomic E-state index is 10.2. The largest absolute Gasteiger partial charge is 0.480 e. The first-order valence-electron chi connectivity index (χ1n) is 4.95. The van der Waals surface area contributed by atoms with E-state index in [1.807, 2.05) is 0 Å². The van der Waals surface area contributed by atoms with Crippen molar-refractivity contribution in [2.45, 2.75) is 0 Å². The fourth-order valence-corrected chi connectivity index (χ4v) is 1.28. The van der Waals surface area contributed by atoms with Crippen molar-refractivity contribution in [3.63, 3.8) is 0 Å². The van der Waals surface area contributed by atoms with Gasteiger partial charge >= 0.3 is 5.97 Å². The molecule has 0 fully saturated rings. The molecule has 0 atom stereocenters. The van der Waals surface area contributed by atoms with Crippen LogP contribution in [0.2, 0.25) is 0 Å². The van der Waals surface area contributed by atoms with Gasteiger partial charge in [0.15, 0.2) is 5.82 Å². The molecule has 2 rings (SSSR count). The highest BCUT2D eigenvalue weighted by Crippen LogP contribution is 2.08. The topological polar surface area (TPSA) is 102 Å². The van der Waals surface area contributed by atoms with E-state index in [1.54, 1.807) is 23.1 Å². The van der Waals surface area contributed by atoms with Crippen LogP contribution in [0.3, 0.4) is 0 Å². The van der Waals surface area contributed by atoms with E-state index in [-0.39, 0.29) is 13.2 Å². The molecule has 0 saturated carbocycles. The summed E-state index contributed by atoms with van der Waals surface area (Å²) in [6.45, 7) is 0.431. The molecule has 8 nitrogen and oxygen atoms in total. The van der Waals surface area contributed by atoms with E-state index in [0.717, 1.165) is 0 Å². The van der Waals surface area contributed by atoms with Crippen LogP contribution in [0.15, 0.2) is 18.7 Å². The molecule has 0 saturated heterocycles. The van der Waals surface area contributed by atoms with E-state index in [9.17, 15) is 4.79 Å². The molecule has 0 aliphatic carbocycles. The first kappa shape index (κ1) is 11.3. The number of rotatable bonds is 6. The first-order valence-corrected chi connectivity index (χ1v) is 4.95. The van der Waals surface area contributed by atoms with Crippen molar-refractivity contribution < 1.29 is 14.6 Å². The second kappa shape index (κ2) is 5.21. The quantitative estimate of drug-likeness (QED) is 0.661. The van der Waals surface area contributed by atoms with Crippen LogP contribution in [0.4, 0.5) is 5.82 Å². The summed E-state index contributed by atoms with van der Waals surface area (Å²) in [4.78, 5) is 14.3. The molecule has 17 heavy (non-hydrogen) atoms. The van der Waals surface area contributed by atoms with Crippen LogP contribution >= 0.6 is 0 Å². The fourth-order valence-electron chi connectivity index (χ4n) is 1.28. The molecule has 2 heterocycles. The second-order valence-corrected chi connectivity index (χ2v) is 3.21. The number of nitrogens with one attached hydrogen (secondary N) is 1. The maximum Gasteiger partial charge on any atom is 0.329 e. The average molecular weight is 237 g/mol. The molecule has 0 bridgehead atoms. The summed E-state index contributed by atoms with van der Waals surface area (Å²) in [5.74, 6) is -0.397. The van der Waals surface area contributed by atoms with Crippen LogP contribution in [0.25, 0.3) is 5.65 Å². The van der Waals surface area contributed by atoms with Gasteiger partial charge in [0.25, 0.3) is 0 Å². The molecule has 0 unspecified atom stereocenters. The molecule has 0 aliphatic rings. The minimum absolute atomic E-state index is 0.281. The number of carbonyl (C=O) groups is 1. The lowest BCUT2D eigenvalue weighted by atomic mass is 10.5. The lowest BCUT2D eigenvalue weighted by Gasteiger charge is -2.05. The zero-order valence-electron chi connectivity index (χ0n) is 8.91. The van der Waals surface area contributed by atoms with Gasteiger partial charge < -0.3 is 15.2 Å². The summed E-state index contributed by atoms with van der Waals surface area (Å²) < 4.78 is 6.61. The Morgan fingerprint density at radius 2 is 2.47 bits per heavy atom. The van der Waals surface area contributed by atoms with E-state index in [0.29, 0.717) is 18.0 Å². The number of carboxylic acids is 1. The van der Waals surface area contributed by atoms with Gasteiger partial charge in [-0.25, -0.2) is 9.78 Å². The number of aliphatic carboxylic acids is 1. The Balaban J connectivity index is 1.86. The molecule has 0 radical (unpaired) electrons. The first-order chi connectivity index (χ1) is 8.27. The summed E-state index contributed by atoms with van der Waals surface area (Å²) in [7, 11) is 0. The van der Waals surface area contributed by atoms with Crippen molar-refractivity contribution in [2.24, 2.45) is 0 Å². The average Bonchev–Trinajstić information content (AvgIpc) is 2.77. The molecule has 0 aliphatic heterocycles. The standard InChI is InChI=1S/C9H11N5O3/c15-7(16)5-17-4-2-11-8-9-13-12-6-14(9)3-1-10-8/h1,3,6H,2,4-5H2,(H,10,11)(H,15,16). The number of hydrogen-bond acceptors (Lipinski definition) is 6. The van der Waals surface area contributed by atoms with Crippen molar-refractivity contribution in [3.8, 4) is 0 Å². The summed E-state index contributed by atoms with van der Waals surface area (Å²) in [5, 5.41) is 19.0. The van der Waals surface area contributed by atoms with Gasteiger partial charge in [-0.1, -0.05) is 0 Å². The minimum atomic E-state index is -0.984. The highest BCUT2D eigenvalue weighted by Gasteiger charge is 2.03. The second-order valence-electron chi connectivity index (χ2n) is 3.21. The molecule has 2 N–H and O–H groups in total. The van der Waals surface area contributed by atoms with Gasteiger partial charge in [0.05, 0.1) is 6.61 Å². The van der Waals surface area contributed by atoms with Gasteiger partial charge in [-0.3, -0.25) is 4.40 Å². The molecule has 0 aromatic carbocycles. The zero-order valence-corrected chi connectivity index (χ0v) is 8.91. The van der Waals surface area contributed by atoms with E-state index < -0.39 is 5.97 Å². The normalized spacial score (nSPS) is 10.6. The Labute approximate surface area is 96.3 Å². The van der Waals surface area contributed by atoms with Gasteiger partial charge in [0, 0.05) is 18.9 Å². The summed E-state index contributed by atoms with van der Waals surface area (Å²) in [5.41, 5.74) is 0.616. The molecule has 0 spiro atoms. The van der Waals surface area contributed by atoms with Crippen LogP contribution in [-0.2, 0) is 9.53 Å². The highest BCUT2D eigenvalue weighted by molar-refractivity contribution is 5.68. The number of nitrogens with zero attached hydrogens (tertiary/aromatic N) is 4. The van der Waals surface area contributed by atoms with Crippen LogP contribution in [0, 0.1) is 0 Å². The lowest BCUT2D eigenvalue weighted by Crippen LogP contribution is -2.15. The Hall–Kier alpha value is -2.22. The van der Waals surface area contributed by atoms with Crippen LogP contribution in [0.1, 0.15) is 0 Å². The monoisotopic (exact) mass is 237 g/mol. The van der Waals surface area contributed by atoms with E-state index in [2.05, 4.69) is 20.5 Å². The highest BCUT2D eigenvalue weighted by atomic mass is 16.5. The SMILES string of the molecule is O=C(O)COCCNc1nccn2cnnc12. The Kier molecular flexibility index (Phi) is 3.46. The number of carboxylic acid groups (broad SMARTS) is 1. The zero-order chi connectivity index (χ0) is 12.1. The molecule has 0 amide bonds. The van der Waals surface area contributed by atoms with Gasteiger partial charge in [-0.05, 0) is 0 Å². The van der Waals surface area contributed by atoms with Gasteiger partial charge in [0.2, 0.25) is 5.65 Å². The number of aromatic nitrogens is 4. The van der Waals surface area contributed by atoms with Crippen molar-refractivity contribution >= 4 is 17.4 Å². The molecular weight excluding hydrogens is 226 g/mol. The van der Waals surface area contributed by atoms with Crippen LogP contribution < -0.4 is 5.32 Å². The minimum Gasteiger partial charge on any atom is -0.480 e. The van der Waals surface area contributed by atoms with Crippen molar-refractivity contribution in [1.29, 1.82) is 0 Å². The summed E-state index contributed by atoms with van der Waals surface area (Å²) in [6.07, 6.45) is 4.93. The smallest absolute Gasteiger partial charge is 0.329 e. The van der Waals surface area contributed by atoms with Crippen molar-refractivity contribution in [2.75, 3.05) is 25.1 Å². The molecule has 2 aromatic heterocycles. The molecule has 90 valence electrons. The fraction of sp³-hybridized carbons (Fsp3) is 0.333. The third-order valence-corrected chi connectivity index (χ3v) is 1.98. The molecule has 8 heteroatoms. The van der Waals surface area contributed by atoms with Gasteiger partial charge in [-0.15, -0.1) is 10.2 Å². The third kappa shape index (κ3) is 2.88.